The summed E-state index contributed by atoms with van der Waals surface area (Å²) in [5.74, 6) is -0.902. The molecule has 1 heterocycles. The molecule has 3 aromatic carbocycles. The number of amides is 2. The lowest BCUT2D eigenvalue weighted by Gasteiger charge is -2.05. The first-order chi connectivity index (χ1) is 17.1. The third kappa shape index (κ3) is 6.20. The number of ether oxygens (including phenoxy) is 1. The van der Waals surface area contributed by atoms with Crippen molar-refractivity contribution in [1.82, 2.24) is 15.2 Å². The molecule has 2 amide bonds. The molecule has 0 radical (unpaired) electrons. The highest BCUT2D eigenvalue weighted by Crippen LogP contribution is 2.25. The Bertz CT molecular complexity index is 1300. The van der Waals surface area contributed by atoms with E-state index in [1.807, 2.05) is 66.9 Å². The van der Waals surface area contributed by atoms with Crippen LogP contribution in [-0.4, -0.2) is 34.4 Å². The van der Waals surface area contributed by atoms with Crippen LogP contribution < -0.4 is 15.5 Å². The van der Waals surface area contributed by atoms with E-state index in [1.54, 1.807) is 28.9 Å². The van der Waals surface area contributed by atoms with Gasteiger partial charge in [0.2, 0.25) is 0 Å². The van der Waals surface area contributed by atoms with Crippen LogP contribution in [0.4, 0.5) is 5.69 Å². The molecule has 0 aliphatic carbocycles. The number of rotatable bonds is 8. The zero-order valence-corrected chi connectivity index (χ0v) is 19.2. The summed E-state index contributed by atoms with van der Waals surface area (Å²) in [4.78, 5) is 24.3. The molecule has 176 valence electrons. The van der Waals surface area contributed by atoms with Gasteiger partial charge in [0.25, 0.3) is 0 Å². The van der Waals surface area contributed by atoms with Crippen LogP contribution in [0, 0.1) is 0 Å². The monoisotopic (exact) mass is 467 g/mol. The van der Waals surface area contributed by atoms with Crippen molar-refractivity contribution in [3.63, 3.8) is 0 Å². The number of para-hydroxylation sites is 2. The molecule has 4 aromatic rings. The zero-order chi connectivity index (χ0) is 24.5. The number of nitrogens with zero attached hydrogens (tertiary/aromatic N) is 3. The van der Waals surface area contributed by atoms with Gasteiger partial charge in [0, 0.05) is 23.0 Å². The maximum atomic E-state index is 12.2. The number of benzene rings is 3. The maximum Gasteiger partial charge on any atom is 0.329 e. The number of anilines is 1. The molecule has 4 rings (SSSR count). The minimum Gasteiger partial charge on any atom is -0.494 e. The van der Waals surface area contributed by atoms with Gasteiger partial charge in [-0.3, -0.25) is 9.59 Å². The van der Waals surface area contributed by atoms with Gasteiger partial charge in [0.1, 0.15) is 11.4 Å². The molecule has 8 heteroatoms. The molecule has 0 fully saturated rings. The van der Waals surface area contributed by atoms with Crippen molar-refractivity contribution >= 4 is 23.7 Å². The van der Waals surface area contributed by atoms with Gasteiger partial charge < -0.3 is 10.1 Å². The second kappa shape index (κ2) is 11.4. The first-order valence-electron chi connectivity index (χ1n) is 11.2. The number of carbonyl (C=O) groups excluding carboxylic acids is 2. The van der Waals surface area contributed by atoms with Gasteiger partial charge in [-0.1, -0.05) is 43.3 Å². The van der Waals surface area contributed by atoms with Crippen molar-refractivity contribution in [1.29, 1.82) is 0 Å². The summed E-state index contributed by atoms with van der Waals surface area (Å²) >= 11 is 0. The molecule has 0 aliphatic rings. The predicted octanol–water partition coefficient (Wildman–Crippen LogP) is 4.42. The summed E-state index contributed by atoms with van der Waals surface area (Å²) in [6, 6.07) is 26.0. The normalized spacial score (nSPS) is 10.8. The van der Waals surface area contributed by atoms with Crippen LogP contribution in [0.15, 0.2) is 96.2 Å². The van der Waals surface area contributed by atoms with Gasteiger partial charge in [-0.2, -0.15) is 10.2 Å². The molecule has 1 aromatic heterocycles. The molecular weight excluding hydrogens is 442 g/mol. The van der Waals surface area contributed by atoms with Gasteiger partial charge in [-0.05, 0) is 55.0 Å². The number of hydrazone groups is 1. The van der Waals surface area contributed by atoms with Gasteiger partial charge in [-0.15, -0.1) is 0 Å². The number of carbonyl (C=O) groups is 2. The van der Waals surface area contributed by atoms with Crippen molar-refractivity contribution in [2.45, 2.75) is 13.3 Å². The Kier molecular flexibility index (Phi) is 7.65. The Morgan fingerprint density at radius 2 is 1.63 bits per heavy atom. The SMILES string of the molecule is CCCOc1ccc(-c2nn(-c3ccccc3)cc2/C=N/NC(=O)C(=O)Nc2ccccc2)cc1. The van der Waals surface area contributed by atoms with Crippen molar-refractivity contribution in [3.05, 3.63) is 96.7 Å². The van der Waals surface area contributed by atoms with E-state index >= 15 is 0 Å². The minimum absolute atomic E-state index is 0.523. The molecule has 0 bridgehead atoms. The van der Waals surface area contributed by atoms with E-state index in [9.17, 15) is 9.59 Å². The molecule has 0 spiro atoms. The lowest BCUT2D eigenvalue weighted by molar-refractivity contribution is -0.136. The summed E-state index contributed by atoms with van der Waals surface area (Å²) in [5.41, 5.74) is 5.87. The summed E-state index contributed by atoms with van der Waals surface area (Å²) in [6.07, 6.45) is 4.21. The van der Waals surface area contributed by atoms with Crippen LogP contribution >= 0.6 is 0 Å². The Morgan fingerprint density at radius 3 is 2.31 bits per heavy atom. The van der Waals surface area contributed by atoms with E-state index in [2.05, 4.69) is 22.8 Å². The van der Waals surface area contributed by atoms with Crippen molar-refractivity contribution in [2.75, 3.05) is 11.9 Å². The Hall–Kier alpha value is -4.72. The Morgan fingerprint density at radius 1 is 0.943 bits per heavy atom. The summed E-state index contributed by atoms with van der Waals surface area (Å²) in [7, 11) is 0. The van der Waals surface area contributed by atoms with Crippen molar-refractivity contribution in [3.8, 4) is 22.7 Å². The van der Waals surface area contributed by atoms with E-state index in [0.717, 1.165) is 23.4 Å². The minimum atomic E-state index is -0.875. The topological polar surface area (TPSA) is 97.6 Å². The van der Waals surface area contributed by atoms with Crippen molar-refractivity contribution < 1.29 is 14.3 Å². The first kappa shape index (κ1) is 23.4. The fourth-order valence-electron chi connectivity index (χ4n) is 3.27. The third-order valence-electron chi connectivity index (χ3n) is 4.97. The highest BCUT2D eigenvalue weighted by atomic mass is 16.5. The third-order valence-corrected chi connectivity index (χ3v) is 4.97. The second-order valence-corrected chi connectivity index (χ2v) is 7.61. The summed E-state index contributed by atoms with van der Waals surface area (Å²) < 4.78 is 7.41. The van der Waals surface area contributed by atoms with Crippen LogP contribution in [0.25, 0.3) is 16.9 Å². The van der Waals surface area contributed by atoms with E-state index < -0.39 is 11.8 Å². The smallest absolute Gasteiger partial charge is 0.329 e. The van der Waals surface area contributed by atoms with Gasteiger partial charge in [0.05, 0.1) is 18.5 Å². The van der Waals surface area contributed by atoms with E-state index in [4.69, 9.17) is 9.84 Å². The van der Waals surface area contributed by atoms with E-state index in [-0.39, 0.29) is 0 Å². The average Bonchev–Trinajstić information content (AvgIpc) is 3.33. The van der Waals surface area contributed by atoms with Crippen LogP contribution in [0.5, 0.6) is 5.75 Å². The quantitative estimate of drug-likeness (QED) is 0.228. The molecule has 0 aliphatic heterocycles. The highest BCUT2D eigenvalue weighted by Gasteiger charge is 2.14. The van der Waals surface area contributed by atoms with Crippen LogP contribution in [-0.2, 0) is 9.59 Å². The fourth-order valence-corrected chi connectivity index (χ4v) is 3.27. The molecule has 0 atom stereocenters. The fraction of sp³-hybridized carbons (Fsp3) is 0.111. The second-order valence-electron chi connectivity index (χ2n) is 7.61. The molecule has 8 nitrogen and oxygen atoms in total. The molecule has 2 N–H and O–H groups in total. The zero-order valence-electron chi connectivity index (χ0n) is 19.2. The Balaban J connectivity index is 1.53. The molecule has 0 saturated heterocycles. The lowest BCUT2D eigenvalue weighted by Crippen LogP contribution is -2.32. The lowest BCUT2D eigenvalue weighted by atomic mass is 10.1. The Labute approximate surface area is 203 Å². The van der Waals surface area contributed by atoms with Gasteiger partial charge >= 0.3 is 11.8 Å². The molecule has 0 saturated carbocycles. The van der Waals surface area contributed by atoms with Crippen LogP contribution in [0.1, 0.15) is 18.9 Å². The first-order valence-corrected chi connectivity index (χ1v) is 11.2. The largest absolute Gasteiger partial charge is 0.494 e. The van der Waals surface area contributed by atoms with Crippen LogP contribution in [0.3, 0.4) is 0 Å². The van der Waals surface area contributed by atoms with E-state index in [0.29, 0.717) is 23.6 Å². The number of hydrogen-bond acceptors (Lipinski definition) is 5. The maximum absolute atomic E-state index is 12.2. The number of aromatic nitrogens is 2. The predicted molar refractivity (Wildman–Crippen MR) is 136 cm³/mol. The van der Waals surface area contributed by atoms with Gasteiger partial charge in [0.15, 0.2) is 0 Å². The molecule has 0 unspecified atom stereocenters. The molecular formula is C27H25N5O3. The molecule has 35 heavy (non-hydrogen) atoms. The number of hydrogen-bond donors (Lipinski definition) is 2. The van der Waals surface area contributed by atoms with Crippen molar-refractivity contribution in [2.24, 2.45) is 5.10 Å². The summed E-state index contributed by atoms with van der Waals surface area (Å²) in [5, 5.41) is 11.2. The van der Waals surface area contributed by atoms with Crippen LogP contribution in [0.2, 0.25) is 0 Å². The standard InChI is InChI=1S/C27H25N5O3/c1-2-17-35-24-15-13-20(14-16-24)25-21(19-32(31-25)23-11-7-4-8-12-23)18-28-30-27(34)26(33)29-22-9-5-3-6-10-22/h3-16,18-19H,2,17H2,1H3,(H,29,33)(H,30,34)/b28-18+. The summed E-state index contributed by atoms with van der Waals surface area (Å²) in [6.45, 7) is 2.71. The van der Waals surface area contributed by atoms with E-state index in [1.165, 1.54) is 6.21 Å². The number of nitrogens with one attached hydrogen (secondary N) is 2. The highest BCUT2D eigenvalue weighted by molar-refractivity contribution is 6.39. The average molecular weight is 468 g/mol. The van der Waals surface area contributed by atoms with Gasteiger partial charge in [-0.25, -0.2) is 10.1 Å².